The van der Waals surface area contributed by atoms with Crippen LogP contribution in [-0.4, -0.2) is 22.4 Å². The Hall–Kier alpha value is -2.10. The van der Waals surface area contributed by atoms with Gasteiger partial charge in [0.25, 0.3) is 0 Å². The van der Waals surface area contributed by atoms with E-state index in [1.807, 2.05) is 31.2 Å². The number of nitrogens with one attached hydrogen (secondary N) is 1. The standard InChI is InChI=1S/C14H14N2O2/c1-9-12(16-8-15-9)6-10-7-18-13-5-3-2-4-11(13)14(10)17/h2-5,8,10H,6-7H2,1H3,(H,15,16). The zero-order chi connectivity index (χ0) is 12.5. The minimum absolute atomic E-state index is 0.137. The number of H-pyrrole nitrogens is 1. The number of carbonyl (C=O) groups excluding carboxylic acids is 1. The Labute approximate surface area is 105 Å². The normalized spacial score (nSPS) is 18.3. The van der Waals surface area contributed by atoms with Crippen molar-refractivity contribution < 1.29 is 9.53 Å². The van der Waals surface area contributed by atoms with E-state index in [4.69, 9.17) is 4.74 Å². The van der Waals surface area contributed by atoms with Gasteiger partial charge < -0.3 is 9.72 Å². The number of aromatic amines is 1. The molecule has 1 aromatic heterocycles. The molecule has 0 fully saturated rings. The zero-order valence-corrected chi connectivity index (χ0v) is 10.1. The van der Waals surface area contributed by atoms with Gasteiger partial charge in [0.1, 0.15) is 5.75 Å². The Bertz CT molecular complexity index is 589. The molecule has 2 aromatic rings. The van der Waals surface area contributed by atoms with Crippen molar-refractivity contribution in [3.8, 4) is 5.75 Å². The summed E-state index contributed by atoms with van der Waals surface area (Å²) in [7, 11) is 0. The maximum absolute atomic E-state index is 12.3. The van der Waals surface area contributed by atoms with E-state index in [9.17, 15) is 4.79 Å². The lowest BCUT2D eigenvalue weighted by atomic mass is 9.91. The molecule has 1 N–H and O–H groups in total. The Morgan fingerprint density at radius 1 is 1.44 bits per heavy atom. The molecule has 0 bridgehead atoms. The lowest BCUT2D eigenvalue weighted by molar-refractivity contribution is 0.0829. The molecule has 0 radical (unpaired) electrons. The van der Waals surface area contributed by atoms with Crippen molar-refractivity contribution >= 4 is 5.78 Å². The molecule has 0 saturated heterocycles. The van der Waals surface area contributed by atoms with Crippen molar-refractivity contribution in [3.05, 3.63) is 47.5 Å². The smallest absolute Gasteiger partial charge is 0.173 e. The van der Waals surface area contributed by atoms with E-state index in [0.29, 0.717) is 24.3 Å². The Kier molecular flexibility index (Phi) is 2.63. The van der Waals surface area contributed by atoms with Gasteiger partial charge in [-0.1, -0.05) is 12.1 Å². The summed E-state index contributed by atoms with van der Waals surface area (Å²) < 4.78 is 5.64. The number of aromatic nitrogens is 2. The zero-order valence-electron chi connectivity index (χ0n) is 10.1. The molecule has 1 unspecified atom stereocenters. The maximum Gasteiger partial charge on any atom is 0.173 e. The number of rotatable bonds is 2. The molecule has 3 rings (SSSR count). The van der Waals surface area contributed by atoms with E-state index in [2.05, 4.69) is 9.97 Å². The first kappa shape index (κ1) is 11.0. The fourth-order valence-corrected chi connectivity index (χ4v) is 2.26. The van der Waals surface area contributed by atoms with Crippen LogP contribution >= 0.6 is 0 Å². The lowest BCUT2D eigenvalue weighted by Gasteiger charge is -2.23. The number of benzene rings is 1. The number of fused-ring (bicyclic) bond motifs is 1. The summed E-state index contributed by atoms with van der Waals surface area (Å²) in [4.78, 5) is 19.6. The van der Waals surface area contributed by atoms with Crippen LogP contribution in [0.4, 0.5) is 0 Å². The number of imidazole rings is 1. The molecule has 1 aliphatic heterocycles. The highest BCUT2D eigenvalue weighted by molar-refractivity contribution is 6.01. The van der Waals surface area contributed by atoms with Gasteiger partial charge >= 0.3 is 0 Å². The van der Waals surface area contributed by atoms with Crippen LogP contribution in [0.3, 0.4) is 0 Å². The van der Waals surface area contributed by atoms with Crippen molar-refractivity contribution in [2.24, 2.45) is 5.92 Å². The number of nitrogens with zero attached hydrogens (tertiary/aromatic N) is 1. The van der Waals surface area contributed by atoms with Crippen molar-refractivity contribution in [1.82, 2.24) is 9.97 Å². The van der Waals surface area contributed by atoms with Crippen LogP contribution in [-0.2, 0) is 6.42 Å². The Morgan fingerprint density at radius 3 is 3.06 bits per heavy atom. The average Bonchev–Trinajstić information content (AvgIpc) is 2.79. The maximum atomic E-state index is 12.3. The molecule has 4 nitrogen and oxygen atoms in total. The molecule has 4 heteroatoms. The van der Waals surface area contributed by atoms with Crippen LogP contribution in [0, 0.1) is 12.8 Å². The van der Waals surface area contributed by atoms with E-state index in [-0.39, 0.29) is 11.7 Å². The molecule has 1 aliphatic rings. The number of carbonyl (C=O) groups is 1. The highest BCUT2D eigenvalue weighted by Crippen LogP contribution is 2.28. The predicted octanol–water partition coefficient (Wildman–Crippen LogP) is 2.15. The molecule has 0 saturated carbocycles. The number of hydrogen-bond acceptors (Lipinski definition) is 3. The number of hydrogen-bond donors (Lipinski definition) is 1. The molecule has 0 amide bonds. The average molecular weight is 242 g/mol. The number of aryl methyl sites for hydroxylation is 1. The fourth-order valence-electron chi connectivity index (χ4n) is 2.26. The van der Waals surface area contributed by atoms with Crippen LogP contribution in [0.15, 0.2) is 30.6 Å². The Morgan fingerprint density at radius 2 is 2.28 bits per heavy atom. The third-order valence-electron chi connectivity index (χ3n) is 3.34. The van der Waals surface area contributed by atoms with Gasteiger partial charge in [-0.05, 0) is 19.1 Å². The molecule has 0 spiro atoms. The van der Waals surface area contributed by atoms with Crippen molar-refractivity contribution in [1.29, 1.82) is 0 Å². The second-order valence-electron chi connectivity index (χ2n) is 4.55. The van der Waals surface area contributed by atoms with Gasteiger partial charge in [0.05, 0.1) is 30.1 Å². The topological polar surface area (TPSA) is 55.0 Å². The summed E-state index contributed by atoms with van der Waals surface area (Å²) in [6.07, 6.45) is 2.29. The third kappa shape index (κ3) is 1.79. The number of para-hydroxylation sites is 1. The van der Waals surface area contributed by atoms with Crippen LogP contribution in [0.1, 0.15) is 21.7 Å². The largest absolute Gasteiger partial charge is 0.492 e. The second kappa shape index (κ2) is 4.29. The summed E-state index contributed by atoms with van der Waals surface area (Å²) in [5, 5.41) is 0. The monoisotopic (exact) mass is 242 g/mol. The number of ether oxygens (including phenoxy) is 1. The summed E-state index contributed by atoms with van der Waals surface area (Å²) >= 11 is 0. The van der Waals surface area contributed by atoms with E-state index in [0.717, 1.165) is 11.4 Å². The van der Waals surface area contributed by atoms with E-state index < -0.39 is 0 Å². The summed E-state index contributed by atoms with van der Waals surface area (Å²) in [5.74, 6) is 0.707. The van der Waals surface area contributed by atoms with E-state index in [1.165, 1.54) is 0 Å². The first-order chi connectivity index (χ1) is 8.75. The third-order valence-corrected chi connectivity index (χ3v) is 3.34. The van der Waals surface area contributed by atoms with Gasteiger partial charge in [0, 0.05) is 12.1 Å². The number of Topliss-reactive ketones (excluding diaryl/α,β-unsaturated/α-hetero) is 1. The first-order valence-corrected chi connectivity index (χ1v) is 6.00. The fraction of sp³-hybridized carbons (Fsp3) is 0.286. The van der Waals surface area contributed by atoms with Gasteiger partial charge in [-0.2, -0.15) is 0 Å². The van der Waals surface area contributed by atoms with Crippen molar-refractivity contribution in [2.75, 3.05) is 6.61 Å². The lowest BCUT2D eigenvalue weighted by Crippen LogP contribution is -2.29. The summed E-state index contributed by atoms with van der Waals surface area (Å²) in [6.45, 7) is 2.40. The van der Waals surface area contributed by atoms with E-state index in [1.54, 1.807) is 6.33 Å². The molecule has 1 atom stereocenters. The van der Waals surface area contributed by atoms with Gasteiger partial charge in [-0.25, -0.2) is 4.98 Å². The van der Waals surface area contributed by atoms with Crippen LogP contribution in [0.5, 0.6) is 5.75 Å². The van der Waals surface area contributed by atoms with Gasteiger partial charge in [0.2, 0.25) is 0 Å². The SMILES string of the molecule is Cc1[nH]cnc1CC1COc2ccccc2C1=O. The minimum atomic E-state index is -0.137. The summed E-state index contributed by atoms with van der Waals surface area (Å²) in [5.41, 5.74) is 2.64. The molecule has 92 valence electrons. The minimum Gasteiger partial charge on any atom is -0.492 e. The highest BCUT2D eigenvalue weighted by atomic mass is 16.5. The Balaban J connectivity index is 1.85. The second-order valence-corrected chi connectivity index (χ2v) is 4.55. The van der Waals surface area contributed by atoms with Crippen LogP contribution < -0.4 is 4.74 Å². The molecule has 0 aliphatic carbocycles. The molecule has 18 heavy (non-hydrogen) atoms. The summed E-state index contributed by atoms with van der Waals surface area (Å²) in [6, 6.07) is 7.40. The van der Waals surface area contributed by atoms with E-state index >= 15 is 0 Å². The van der Waals surface area contributed by atoms with Crippen LogP contribution in [0.2, 0.25) is 0 Å². The quantitative estimate of drug-likeness (QED) is 0.877. The first-order valence-electron chi connectivity index (χ1n) is 6.00. The predicted molar refractivity (Wildman–Crippen MR) is 66.8 cm³/mol. The van der Waals surface area contributed by atoms with Gasteiger partial charge in [-0.3, -0.25) is 4.79 Å². The van der Waals surface area contributed by atoms with Gasteiger partial charge in [0.15, 0.2) is 5.78 Å². The molecule has 2 heterocycles. The molecule has 1 aromatic carbocycles. The van der Waals surface area contributed by atoms with Gasteiger partial charge in [-0.15, -0.1) is 0 Å². The highest BCUT2D eigenvalue weighted by Gasteiger charge is 2.29. The van der Waals surface area contributed by atoms with Crippen molar-refractivity contribution in [2.45, 2.75) is 13.3 Å². The van der Waals surface area contributed by atoms with Crippen LogP contribution in [0.25, 0.3) is 0 Å². The van der Waals surface area contributed by atoms with Crippen molar-refractivity contribution in [3.63, 3.8) is 0 Å². The molecular weight excluding hydrogens is 228 g/mol. The molecular formula is C14H14N2O2. The number of ketones is 1.